The summed E-state index contributed by atoms with van der Waals surface area (Å²) in [5, 5.41) is 13.4. The molecule has 55 heavy (non-hydrogen) atoms. The van der Waals surface area contributed by atoms with Crippen molar-refractivity contribution in [3.8, 4) is 0 Å². The van der Waals surface area contributed by atoms with Crippen LogP contribution in [0.5, 0.6) is 0 Å². The third-order valence-corrected chi connectivity index (χ3v) is 17.2. The maximum absolute atomic E-state index is 14.8. The van der Waals surface area contributed by atoms with Crippen LogP contribution in [0.3, 0.4) is 0 Å². The van der Waals surface area contributed by atoms with E-state index in [2.05, 4.69) is 53.8 Å². The number of aliphatic carboxylic acids is 1. The lowest BCUT2D eigenvalue weighted by Crippen LogP contribution is -2.66. The quantitative estimate of drug-likeness (QED) is 0.189. The van der Waals surface area contributed by atoms with Gasteiger partial charge in [0.25, 0.3) is 5.91 Å². The summed E-state index contributed by atoms with van der Waals surface area (Å²) < 4.78 is 6.15. The van der Waals surface area contributed by atoms with Crippen LogP contribution in [0.15, 0.2) is 35.4 Å². The standard InChI is InChI=1S/C46H62ClNO7/c1-26(2)35-30(49)24-45(37(51)38(52)48-46(22-23-46)27-10-12-28(47)13-11-27)21-20-43(8)29(36(35)45)14-15-32-42(7)18-17-33(55-34(50)25-40(3,4)39(53)54)41(5,6)31(42)16-19-44(32,43)9/h10-13,26,29,31-33H,14-25H2,1-9H3,(H,48,52)(H,53,54)/t29-,31+,32-,33+,42+,43-,44-,45?/m1/s1. The number of benzene rings is 1. The predicted octanol–water partition coefficient (Wildman–Crippen LogP) is 9.41. The van der Waals surface area contributed by atoms with E-state index in [4.69, 9.17) is 16.3 Å². The SMILES string of the molecule is CC(C)C1=C2[C@H]3CC[C@@H]4[C@@]5(C)CC[C@H](OC(=O)CC(C)(C)C(=O)O)C(C)(C)[C@@H]5CC[C@@]4(C)[C@]3(C)CCC2(C(=O)C(=O)NC2(c3ccc(Cl)cc3)CC2)CC1=O. The molecule has 9 heteroatoms. The summed E-state index contributed by atoms with van der Waals surface area (Å²) in [7, 11) is 0. The van der Waals surface area contributed by atoms with Gasteiger partial charge in [-0.2, -0.15) is 0 Å². The molecule has 5 saturated carbocycles. The van der Waals surface area contributed by atoms with Crippen LogP contribution in [0.2, 0.25) is 5.02 Å². The molecule has 300 valence electrons. The van der Waals surface area contributed by atoms with Gasteiger partial charge < -0.3 is 15.2 Å². The number of nitrogens with one attached hydrogen (secondary N) is 1. The maximum atomic E-state index is 14.8. The molecule has 5 fully saturated rings. The van der Waals surface area contributed by atoms with Crippen molar-refractivity contribution in [3.63, 3.8) is 0 Å². The van der Waals surface area contributed by atoms with E-state index < -0.39 is 40.0 Å². The molecule has 8 nitrogen and oxygen atoms in total. The van der Waals surface area contributed by atoms with Gasteiger partial charge in [-0.25, -0.2) is 0 Å². The fourth-order valence-electron chi connectivity index (χ4n) is 13.6. The van der Waals surface area contributed by atoms with Gasteiger partial charge in [-0.1, -0.05) is 72.2 Å². The predicted molar refractivity (Wildman–Crippen MR) is 211 cm³/mol. The Hall–Kier alpha value is -3.00. The number of fused-ring (bicyclic) bond motifs is 7. The van der Waals surface area contributed by atoms with Gasteiger partial charge in [0.2, 0.25) is 5.78 Å². The van der Waals surface area contributed by atoms with Crippen molar-refractivity contribution < 1.29 is 33.8 Å². The first-order valence-corrected chi connectivity index (χ1v) is 21.2. The lowest BCUT2D eigenvalue weighted by atomic mass is 9.33. The van der Waals surface area contributed by atoms with Crippen molar-refractivity contribution in [1.29, 1.82) is 0 Å². The molecule has 1 aromatic rings. The third-order valence-electron chi connectivity index (χ3n) is 16.9. The smallest absolute Gasteiger partial charge is 0.309 e. The van der Waals surface area contributed by atoms with Crippen LogP contribution < -0.4 is 5.32 Å². The second kappa shape index (κ2) is 13.0. The highest BCUT2D eigenvalue weighted by molar-refractivity contribution is 6.40. The molecule has 8 atom stereocenters. The van der Waals surface area contributed by atoms with E-state index in [1.807, 2.05) is 24.3 Å². The minimum atomic E-state index is -1.19. The Morgan fingerprint density at radius 3 is 2.13 bits per heavy atom. The molecule has 6 aliphatic rings. The molecule has 0 aliphatic heterocycles. The van der Waals surface area contributed by atoms with E-state index in [0.717, 1.165) is 74.5 Å². The van der Waals surface area contributed by atoms with Crippen molar-refractivity contribution >= 4 is 41.0 Å². The highest BCUT2D eigenvalue weighted by Crippen LogP contribution is 2.77. The Morgan fingerprint density at radius 1 is 0.873 bits per heavy atom. The van der Waals surface area contributed by atoms with E-state index in [0.29, 0.717) is 23.3 Å². The number of carbonyl (C=O) groups is 5. The van der Waals surface area contributed by atoms with Crippen molar-refractivity contribution in [2.24, 2.45) is 56.2 Å². The normalized spacial score (nSPS) is 37.3. The van der Waals surface area contributed by atoms with E-state index in [9.17, 15) is 29.1 Å². The summed E-state index contributed by atoms with van der Waals surface area (Å²) in [4.78, 5) is 67.9. The lowest BCUT2D eigenvalue weighted by Gasteiger charge is -2.72. The molecule has 0 heterocycles. The van der Waals surface area contributed by atoms with E-state index >= 15 is 0 Å². The summed E-state index contributed by atoms with van der Waals surface area (Å²) in [5.41, 5.74) is -0.736. The average Bonchev–Trinajstić information content (AvgIpc) is 3.80. The largest absolute Gasteiger partial charge is 0.481 e. The Bertz CT molecular complexity index is 1860. The molecule has 6 aliphatic carbocycles. The van der Waals surface area contributed by atoms with Crippen molar-refractivity contribution in [2.75, 3.05) is 0 Å². The van der Waals surface area contributed by atoms with Crippen molar-refractivity contribution in [1.82, 2.24) is 5.32 Å². The van der Waals surface area contributed by atoms with Crippen LogP contribution in [-0.2, 0) is 34.2 Å². The van der Waals surface area contributed by atoms with Crippen LogP contribution >= 0.6 is 11.6 Å². The first-order valence-electron chi connectivity index (χ1n) is 20.8. The van der Waals surface area contributed by atoms with Gasteiger partial charge >= 0.3 is 11.9 Å². The monoisotopic (exact) mass is 775 g/mol. The first kappa shape index (κ1) is 40.2. The molecule has 1 unspecified atom stereocenters. The van der Waals surface area contributed by atoms with Crippen LogP contribution in [0.25, 0.3) is 0 Å². The molecule has 0 spiro atoms. The highest BCUT2D eigenvalue weighted by Gasteiger charge is 2.71. The fraction of sp³-hybridized carbons (Fsp3) is 0.717. The van der Waals surface area contributed by atoms with Crippen molar-refractivity contribution in [2.45, 2.75) is 151 Å². The third kappa shape index (κ3) is 5.91. The number of rotatable bonds is 9. The lowest BCUT2D eigenvalue weighted by molar-refractivity contribution is -0.233. The summed E-state index contributed by atoms with van der Waals surface area (Å²) >= 11 is 6.16. The molecule has 7 rings (SSSR count). The van der Waals surface area contributed by atoms with Gasteiger partial charge in [0, 0.05) is 16.9 Å². The van der Waals surface area contributed by atoms with Crippen molar-refractivity contribution in [3.05, 3.63) is 46.0 Å². The van der Waals surface area contributed by atoms with Gasteiger partial charge in [-0.3, -0.25) is 24.0 Å². The van der Waals surface area contributed by atoms with Gasteiger partial charge in [-0.05, 0) is 147 Å². The molecule has 1 aromatic carbocycles. The summed E-state index contributed by atoms with van der Waals surface area (Å²) in [6.07, 6.45) is 7.85. The van der Waals surface area contributed by atoms with Crippen LogP contribution in [0.4, 0.5) is 0 Å². The zero-order chi connectivity index (χ0) is 40.3. The molecule has 2 N–H and O–H groups in total. The Morgan fingerprint density at radius 2 is 1.53 bits per heavy atom. The second-order valence-electron chi connectivity index (χ2n) is 20.9. The number of carbonyl (C=O) groups excluding carboxylic acids is 4. The number of ether oxygens (including phenoxy) is 1. The zero-order valence-corrected chi connectivity index (χ0v) is 35.2. The zero-order valence-electron chi connectivity index (χ0n) is 34.5. The number of ketones is 2. The number of amides is 1. The summed E-state index contributed by atoms with van der Waals surface area (Å²) in [6, 6.07) is 7.47. The minimum absolute atomic E-state index is 0.0149. The minimum Gasteiger partial charge on any atom is -0.481 e. The molecular formula is C46H62ClNO7. The summed E-state index contributed by atoms with van der Waals surface area (Å²) in [5.74, 6) is -1.79. The molecule has 0 radical (unpaired) electrons. The number of Topliss-reactive ketones (excluding diaryl/α,β-unsaturated/α-hetero) is 2. The molecule has 1 amide bonds. The maximum Gasteiger partial charge on any atom is 0.309 e. The number of hydrogen-bond acceptors (Lipinski definition) is 6. The van der Waals surface area contributed by atoms with Gasteiger partial charge in [0.1, 0.15) is 6.10 Å². The number of carboxylic acid groups (broad SMARTS) is 1. The van der Waals surface area contributed by atoms with Gasteiger partial charge in [0.15, 0.2) is 5.78 Å². The number of hydrogen-bond donors (Lipinski definition) is 2. The molecule has 0 bridgehead atoms. The van der Waals surface area contributed by atoms with Gasteiger partial charge in [-0.15, -0.1) is 0 Å². The van der Waals surface area contributed by atoms with E-state index in [1.54, 1.807) is 13.8 Å². The summed E-state index contributed by atoms with van der Waals surface area (Å²) in [6.45, 7) is 19.1. The van der Waals surface area contributed by atoms with Crippen LogP contribution in [-0.4, -0.2) is 40.6 Å². The number of halogens is 1. The molecular weight excluding hydrogens is 714 g/mol. The number of allylic oxidation sites excluding steroid dienone is 2. The topological polar surface area (TPSA) is 127 Å². The van der Waals surface area contributed by atoms with Crippen LogP contribution in [0.1, 0.15) is 145 Å². The highest BCUT2D eigenvalue weighted by atomic mass is 35.5. The average molecular weight is 776 g/mol. The number of esters is 1. The van der Waals surface area contributed by atoms with Gasteiger partial charge in [0.05, 0.1) is 22.8 Å². The Balaban J connectivity index is 1.17. The second-order valence-corrected chi connectivity index (χ2v) is 21.3. The Kier molecular flexibility index (Phi) is 9.51. The fourth-order valence-corrected chi connectivity index (χ4v) is 13.7. The molecule has 0 aromatic heterocycles. The van der Waals surface area contributed by atoms with E-state index in [-0.39, 0.29) is 58.2 Å². The molecule has 0 saturated heterocycles. The Labute approximate surface area is 332 Å². The number of carboxylic acids is 1. The van der Waals surface area contributed by atoms with Crippen LogP contribution in [0, 0.1) is 56.2 Å². The first-order chi connectivity index (χ1) is 25.5. The van der Waals surface area contributed by atoms with E-state index in [1.165, 1.54) is 0 Å².